The first-order valence-electron chi connectivity index (χ1n) is 9.82. The number of amides is 3. The number of carboxylic acids is 1. The summed E-state index contributed by atoms with van der Waals surface area (Å²) in [5.74, 6) is -2.59. The van der Waals surface area contributed by atoms with Gasteiger partial charge in [0.25, 0.3) is 5.91 Å². The molecule has 1 aromatic rings. The largest absolute Gasteiger partial charge is 0.481 e. The number of carboxylic acid groups (broad SMARTS) is 1. The monoisotopic (exact) mass is 415 g/mol. The van der Waals surface area contributed by atoms with Crippen molar-refractivity contribution in [3.8, 4) is 0 Å². The molecule has 2 fully saturated rings. The van der Waals surface area contributed by atoms with Crippen molar-refractivity contribution in [2.24, 2.45) is 11.7 Å². The molecule has 3 rings (SSSR count). The van der Waals surface area contributed by atoms with Crippen LogP contribution in [0, 0.1) is 11.3 Å². The first-order valence-corrected chi connectivity index (χ1v) is 9.82. The van der Waals surface area contributed by atoms with E-state index in [1.165, 1.54) is 9.80 Å². The molecule has 1 aliphatic carbocycles. The summed E-state index contributed by atoms with van der Waals surface area (Å²) in [5.41, 5.74) is 6.30. The van der Waals surface area contributed by atoms with Crippen molar-refractivity contribution in [3.05, 3.63) is 35.4 Å². The van der Waals surface area contributed by atoms with Crippen LogP contribution in [-0.2, 0) is 14.4 Å². The Bertz CT molecular complexity index is 865. The number of nitrogens with one attached hydrogen (secondary N) is 2. The molecule has 1 saturated carbocycles. The van der Waals surface area contributed by atoms with Gasteiger partial charge in [0.1, 0.15) is 5.84 Å². The van der Waals surface area contributed by atoms with Gasteiger partial charge >= 0.3 is 17.8 Å². The minimum Gasteiger partial charge on any atom is -0.481 e. The standard InChI is InChI=1S/C20H25N5O5/c21-17(22)13-3-5-14(6-4-13)18(28)23-7-8-24-9-10-25(20(30)19(24)29)15(11-16(26)27)12-1-2-12/h3-6,12,15H,1-2,7-11H2,(H3,21,22)(H,23,28)(H,26,27). The van der Waals surface area contributed by atoms with Gasteiger partial charge in [0.2, 0.25) is 0 Å². The summed E-state index contributed by atoms with van der Waals surface area (Å²) in [5, 5.41) is 19.2. The van der Waals surface area contributed by atoms with Gasteiger partial charge in [-0.3, -0.25) is 24.6 Å². The summed E-state index contributed by atoms with van der Waals surface area (Å²) in [6.07, 6.45) is 1.60. The van der Waals surface area contributed by atoms with Crippen LogP contribution in [0.5, 0.6) is 0 Å². The first kappa shape index (κ1) is 21.3. The van der Waals surface area contributed by atoms with Crippen LogP contribution in [0.2, 0.25) is 0 Å². The Balaban J connectivity index is 1.50. The van der Waals surface area contributed by atoms with Gasteiger partial charge in [-0.1, -0.05) is 12.1 Å². The number of benzene rings is 1. The van der Waals surface area contributed by atoms with Crippen molar-refractivity contribution < 1.29 is 24.3 Å². The highest BCUT2D eigenvalue weighted by atomic mass is 16.4. The fraction of sp³-hybridized carbons (Fsp3) is 0.450. The Morgan fingerprint density at radius 2 is 1.77 bits per heavy atom. The summed E-state index contributed by atoms with van der Waals surface area (Å²) < 4.78 is 0. The van der Waals surface area contributed by atoms with Crippen LogP contribution in [0.1, 0.15) is 35.2 Å². The fourth-order valence-corrected chi connectivity index (χ4v) is 3.62. The molecule has 10 nitrogen and oxygen atoms in total. The topological polar surface area (TPSA) is 157 Å². The lowest BCUT2D eigenvalue weighted by molar-refractivity contribution is -0.159. The summed E-state index contributed by atoms with van der Waals surface area (Å²) in [7, 11) is 0. The second kappa shape index (κ2) is 8.93. The maximum absolute atomic E-state index is 12.5. The van der Waals surface area contributed by atoms with E-state index in [4.69, 9.17) is 16.2 Å². The maximum atomic E-state index is 12.5. The zero-order chi connectivity index (χ0) is 21.8. The highest BCUT2D eigenvalue weighted by Gasteiger charge is 2.43. The molecule has 0 radical (unpaired) electrons. The number of rotatable bonds is 9. The third-order valence-corrected chi connectivity index (χ3v) is 5.42. The second-order valence-electron chi connectivity index (χ2n) is 7.54. The quantitative estimate of drug-likeness (QED) is 0.245. The summed E-state index contributed by atoms with van der Waals surface area (Å²) in [6.45, 7) is 0.951. The zero-order valence-electron chi connectivity index (χ0n) is 16.5. The molecule has 0 aromatic heterocycles. The molecule has 5 N–H and O–H groups in total. The average Bonchev–Trinajstić information content (AvgIpc) is 3.55. The fourth-order valence-electron chi connectivity index (χ4n) is 3.62. The van der Waals surface area contributed by atoms with Gasteiger partial charge in [0.15, 0.2) is 0 Å². The van der Waals surface area contributed by atoms with E-state index in [0.717, 1.165) is 12.8 Å². The van der Waals surface area contributed by atoms with E-state index in [-0.39, 0.29) is 37.2 Å². The molecule has 160 valence electrons. The lowest BCUT2D eigenvalue weighted by Crippen LogP contribution is -2.59. The number of nitrogen functional groups attached to an aromatic ring is 1. The molecule has 1 saturated heterocycles. The minimum absolute atomic E-state index is 0.0865. The summed E-state index contributed by atoms with van der Waals surface area (Å²) in [4.78, 5) is 51.1. The van der Waals surface area contributed by atoms with Crippen molar-refractivity contribution in [3.63, 3.8) is 0 Å². The minimum atomic E-state index is -0.978. The predicted octanol–water partition coefficient (Wildman–Crippen LogP) is -0.375. The van der Waals surface area contributed by atoms with Crippen molar-refractivity contribution in [2.75, 3.05) is 26.2 Å². The van der Waals surface area contributed by atoms with Gasteiger partial charge in [-0.15, -0.1) is 0 Å². The van der Waals surface area contributed by atoms with Crippen LogP contribution in [-0.4, -0.2) is 76.7 Å². The maximum Gasteiger partial charge on any atom is 0.312 e. The van der Waals surface area contributed by atoms with Crippen LogP contribution in [0.3, 0.4) is 0 Å². The number of amidine groups is 1. The van der Waals surface area contributed by atoms with Crippen molar-refractivity contribution in [2.45, 2.75) is 25.3 Å². The zero-order valence-corrected chi connectivity index (χ0v) is 16.5. The van der Waals surface area contributed by atoms with E-state index >= 15 is 0 Å². The van der Waals surface area contributed by atoms with Gasteiger partial charge in [0.05, 0.1) is 6.42 Å². The van der Waals surface area contributed by atoms with Crippen LogP contribution in [0.15, 0.2) is 24.3 Å². The van der Waals surface area contributed by atoms with E-state index < -0.39 is 23.8 Å². The molecule has 1 unspecified atom stereocenters. The second-order valence-corrected chi connectivity index (χ2v) is 7.54. The molecule has 1 aliphatic heterocycles. The van der Waals surface area contributed by atoms with E-state index in [0.29, 0.717) is 24.2 Å². The average molecular weight is 415 g/mol. The molecule has 1 heterocycles. The molecule has 0 bridgehead atoms. The van der Waals surface area contributed by atoms with Crippen molar-refractivity contribution in [1.29, 1.82) is 5.41 Å². The lowest BCUT2D eigenvalue weighted by Gasteiger charge is -2.38. The highest BCUT2D eigenvalue weighted by molar-refractivity contribution is 6.35. The Morgan fingerprint density at radius 1 is 1.13 bits per heavy atom. The number of nitrogens with zero attached hydrogens (tertiary/aromatic N) is 2. The van der Waals surface area contributed by atoms with Gasteiger partial charge in [0, 0.05) is 43.3 Å². The Morgan fingerprint density at radius 3 is 2.33 bits per heavy atom. The van der Waals surface area contributed by atoms with Gasteiger partial charge in [-0.25, -0.2) is 0 Å². The van der Waals surface area contributed by atoms with Crippen LogP contribution in [0.25, 0.3) is 0 Å². The molecule has 3 amide bonds. The van der Waals surface area contributed by atoms with Crippen molar-refractivity contribution in [1.82, 2.24) is 15.1 Å². The van der Waals surface area contributed by atoms with Gasteiger partial charge < -0.3 is 26.0 Å². The van der Waals surface area contributed by atoms with Crippen LogP contribution in [0.4, 0.5) is 0 Å². The number of carbonyl (C=O) groups is 4. The Labute approximate surface area is 173 Å². The summed E-state index contributed by atoms with van der Waals surface area (Å²) in [6, 6.07) is 5.83. The van der Waals surface area contributed by atoms with Gasteiger partial charge in [-0.2, -0.15) is 0 Å². The molecule has 0 spiro atoms. The normalized spacial score (nSPS) is 17.6. The molecule has 30 heavy (non-hydrogen) atoms. The molecule has 1 atom stereocenters. The Kier molecular flexibility index (Phi) is 6.34. The molecular formula is C20H25N5O5. The number of hydrogen-bond acceptors (Lipinski definition) is 5. The predicted molar refractivity (Wildman–Crippen MR) is 107 cm³/mol. The van der Waals surface area contributed by atoms with Crippen molar-refractivity contribution >= 4 is 29.5 Å². The molecule has 1 aromatic carbocycles. The molecule has 2 aliphatic rings. The van der Waals surface area contributed by atoms with Crippen LogP contribution >= 0.6 is 0 Å². The first-order chi connectivity index (χ1) is 14.3. The Hall–Kier alpha value is -3.43. The summed E-state index contributed by atoms with van der Waals surface area (Å²) >= 11 is 0. The van der Waals surface area contributed by atoms with E-state index in [2.05, 4.69) is 5.32 Å². The number of hydrogen-bond donors (Lipinski definition) is 4. The highest BCUT2D eigenvalue weighted by Crippen LogP contribution is 2.37. The molecule has 10 heteroatoms. The number of aliphatic carboxylic acids is 1. The van der Waals surface area contributed by atoms with Crippen LogP contribution < -0.4 is 11.1 Å². The third-order valence-electron chi connectivity index (χ3n) is 5.42. The molecular weight excluding hydrogens is 390 g/mol. The van der Waals surface area contributed by atoms with E-state index in [1.807, 2.05) is 0 Å². The third kappa shape index (κ3) is 4.94. The van der Waals surface area contributed by atoms with E-state index in [1.54, 1.807) is 24.3 Å². The van der Waals surface area contributed by atoms with E-state index in [9.17, 15) is 19.2 Å². The number of carbonyl (C=O) groups excluding carboxylic acids is 3. The van der Waals surface area contributed by atoms with Gasteiger partial charge in [-0.05, 0) is 30.9 Å². The number of nitrogens with two attached hydrogens (primary N) is 1. The smallest absolute Gasteiger partial charge is 0.312 e. The lowest BCUT2D eigenvalue weighted by atomic mass is 10.1. The number of piperazine rings is 1. The SMILES string of the molecule is N=C(N)c1ccc(C(=O)NCCN2CCN(C(CC(=O)O)C3CC3)C(=O)C2=O)cc1.